The monoisotopic (exact) mass is 646 g/mol. The van der Waals surface area contributed by atoms with Crippen LogP contribution in [0.5, 0.6) is 0 Å². The average Bonchev–Trinajstić information content (AvgIpc) is 3.84. The Labute approximate surface area is 266 Å². The SMILES string of the molecule is N#CC(C#N)=Cc1ccc(-c2ccc(-c3ccc(-c4ccc(-c5ccc(-c6ccc(C=C(C#N)C#N)s6)s5)s4)s3)s2)s1. The molecule has 0 saturated heterocycles. The first-order valence-corrected chi connectivity index (χ1v) is 17.1. The normalized spacial score (nSPS) is 10.3. The molecule has 6 heterocycles. The van der Waals surface area contributed by atoms with Gasteiger partial charge in [0.05, 0.1) is 0 Å². The lowest BCUT2D eigenvalue weighted by molar-refractivity contribution is 1.47. The van der Waals surface area contributed by atoms with E-state index in [1.165, 1.54) is 29.3 Å². The molecule has 0 aliphatic heterocycles. The van der Waals surface area contributed by atoms with Gasteiger partial charge in [0.15, 0.2) is 0 Å². The van der Waals surface area contributed by atoms with Gasteiger partial charge in [-0.25, -0.2) is 0 Å². The van der Waals surface area contributed by atoms with Crippen LogP contribution in [0.4, 0.5) is 0 Å². The summed E-state index contributed by atoms with van der Waals surface area (Å²) in [6, 6.07) is 32.9. The fourth-order valence-electron chi connectivity index (χ4n) is 4.00. The summed E-state index contributed by atoms with van der Waals surface area (Å²) in [6.07, 6.45) is 3.25. The Morgan fingerprint density at radius 1 is 0.357 bits per heavy atom. The van der Waals surface area contributed by atoms with E-state index in [9.17, 15) is 0 Å². The molecular formula is C32H14N4S6. The molecule has 0 N–H and O–H groups in total. The van der Waals surface area contributed by atoms with Crippen LogP contribution in [-0.4, -0.2) is 0 Å². The van der Waals surface area contributed by atoms with Crippen LogP contribution in [-0.2, 0) is 0 Å². The molecule has 0 spiro atoms. The van der Waals surface area contributed by atoms with Crippen molar-refractivity contribution in [2.24, 2.45) is 0 Å². The molecular weight excluding hydrogens is 633 g/mol. The second-order valence-corrected chi connectivity index (χ2v) is 15.2. The minimum Gasteiger partial charge on any atom is -0.192 e. The van der Waals surface area contributed by atoms with Crippen molar-refractivity contribution in [1.29, 1.82) is 21.0 Å². The van der Waals surface area contributed by atoms with E-state index in [1.807, 2.05) is 48.5 Å². The summed E-state index contributed by atoms with van der Waals surface area (Å²) in [5.41, 5.74) is 0.214. The molecule has 0 fully saturated rings. The quantitative estimate of drug-likeness (QED) is 0.161. The fraction of sp³-hybridized carbons (Fsp3) is 0. The standard InChI is InChI=1S/C32H14N4S6/c33-15-19(16-34)13-21-1-3-23(37-21)25-5-7-27(39-25)29-9-11-31(41-29)32-12-10-30(42-32)28-8-6-26(40-28)24-4-2-22(38-24)14-20(17-35)18-36/h1-14H. The van der Waals surface area contributed by atoms with Gasteiger partial charge in [-0.05, 0) is 84.9 Å². The van der Waals surface area contributed by atoms with E-state index >= 15 is 0 Å². The first kappa shape index (κ1) is 27.8. The average molecular weight is 647 g/mol. The maximum absolute atomic E-state index is 9.02. The number of rotatable bonds is 7. The van der Waals surface area contributed by atoms with Crippen LogP contribution in [0, 0.1) is 45.3 Å². The minimum absolute atomic E-state index is 0.107. The second kappa shape index (κ2) is 12.2. The zero-order valence-electron chi connectivity index (χ0n) is 21.3. The summed E-state index contributed by atoms with van der Waals surface area (Å²) >= 11 is 10.2. The zero-order valence-corrected chi connectivity index (χ0v) is 26.2. The zero-order chi connectivity index (χ0) is 29.1. The molecule has 0 atom stereocenters. The highest BCUT2D eigenvalue weighted by molar-refractivity contribution is 7.30. The van der Waals surface area contributed by atoms with E-state index in [-0.39, 0.29) is 11.1 Å². The summed E-state index contributed by atoms with van der Waals surface area (Å²) in [5, 5.41) is 36.1. The van der Waals surface area contributed by atoms with E-state index in [1.54, 1.807) is 80.2 Å². The van der Waals surface area contributed by atoms with Crippen LogP contribution in [0.15, 0.2) is 83.9 Å². The van der Waals surface area contributed by atoms with Gasteiger partial charge in [-0.1, -0.05) is 0 Å². The highest BCUT2D eigenvalue weighted by Crippen LogP contribution is 2.46. The van der Waals surface area contributed by atoms with Crippen molar-refractivity contribution < 1.29 is 0 Å². The summed E-state index contributed by atoms with van der Waals surface area (Å²) in [6.45, 7) is 0. The smallest absolute Gasteiger partial charge is 0.131 e. The molecule has 0 bridgehead atoms. The van der Waals surface area contributed by atoms with Gasteiger partial charge < -0.3 is 0 Å². The van der Waals surface area contributed by atoms with E-state index < -0.39 is 0 Å². The first-order chi connectivity index (χ1) is 20.6. The first-order valence-electron chi connectivity index (χ1n) is 12.2. The minimum atomic E-state index is 0.107. The number of allylic oxidation sites excluding steroid dienone is 2. The van der Waals surface area contributed by atoms with E-state index in [0.717, 1.165) is 29.3 Å². The van der Waals surface area contributed by atoms with Crippen LogP contribution in [0.1, 0.15) is 9.75 Å². The summed E-state index contributed by atoms with van der Waals surface area (Å²) < 4.78 is 0. The number of hydrogen-bond acceptors (Lipinski definition) is 10. The number of nitriles is 4. The highest BCUT2D eigenvalue weighted by Gasteiger charge is 2.14. The van der Waals surface area contributed by atoms with Gasteiger partial charge in [0.2, 0.25) is 0 Å². The number of nitrogens with zero attached hydrogens (tertiary/aromatic N) is 4. The molecule has 6 rings (SSSR count). The maximum atomic E-state index is 9.02. The van der Waals surface area contributed by atoms with Gasteiger partial charge in [0.1, 0.15) is 35.4 Å². The van der Waals surface area contributed by atoms with Gasteiger partial charge in [0, 0.05) is 58.5 Å². The molecule has 4 nitrogen and oxygen atoms in total. The van der Waals surface area contributed by atoms with Crippen molar-refractivity contribution in [3.63, 3.8) is 0 Å². The van der Waals surface area contributed by atoms with Crippen LogP contribution >= 0.6 is 68.0 Å². The van der Waals surface area contributed by atoms with Crippen molar-refractivity contribution in [2.45, 2.75) is 0 Å². The highest BCUT2D eigenvalue weighted by atomic mass is 32.1. The van der Waals surface area contributed by atoms with E-state index in [2.05, 4.69) is 48.5 Å². The van der Waals surface area contributed by atoms with Gasteiger partial charge in [-0.3, -0.25) is 0 Å². The molecule has 0 unspecified atom stereocenters. The molecule has 42 heavy (non-hydrogen) atoms. The summed E-state index contributed by atoms with van der Waals surface area (Å²) in [7, 11) is 0. The topological polar surface area (TPSA) is 95.2 Å². The largest absolute Gasteiger partial charge is 0.192 e. The lowest BCUT2D eigenvalue weighted by Crippen LogP contribution is -1.68. The third-order valence-corrected chi connectivity index (χ3v) is 13.3. The van der Waals surface area contributed by atoms with E-state index in [0.29, 0.717) is 0 Å². The molecule has 0 aliphatic carbocycles. The predicted octanol–water partition coefficient (Wildman–Crippen LogP) is 11.3. The molecule has 0 radical (unpaired) electrons. The third-order valence-electron chi connectivity index (χ3n) is 5.95. The molecule has 10 heteroatoms. The molecule has 0 aromatic carbocycles. The van der Waals surface area contributed by atoms with Gasteiger partial charge in [0.25, 0.3) is 0 Å². The van der Waals surface area contributed by atoms with Crippen molar-refractivity contribution in [2.75, 3.05) is 0 Å². The van der Waals surface area contributed by atoms with Gasteiger partial charge in [-0.15, -0.1) is 68.0 Å². The Morgan fingerprint density at radius 3 is 0.810 bits per heavy atom. The van der Waals surface area contributed by atoms with Crippen LogP contribution in [0.2, 0.25) is 0 Å². The van der Waals surface area contributed by atoms with Crippen LogP contribution < -0.4 is 0 Å². The Kier molecular flexibility index (Phi) is 8.11. The van der Waals surface area contributed by atoms with E-state index in [4.69, 9.17) is 21.0 Å². The fourth-order valence-corrected chi connectivity index (χ4v) is 10.4. The number of thiophene rings is 6. The Balaban J connectivity index is 1.17. The molecule has 0 aliphatic rings. The maximum Gasteiger partial charge on any atom is 0.131 e. The van der Waals surface area contributed by atoms with Crippen molar-refractivity contribution in [1.82, 2.24) is 0 Å². The number of hydrogen-bond donors (Lipinski definition) is 0. The predicted molar refractivity (Wildman–Crippen MR) is 179 cm³/mol. The van der Waals surface area contributed by atoms with Gasteiger partial charge >= 0.3 is 0 Å². The summed E-state index contributed by atoms with van der Waals surface area (Å²) in [4.78, 5) is 13.7. The lowest BCUT2D eigenvalue weighted by atomic mass is 10.3. The van der Waals surface area contributed by atoms with Gasteiger partial charge in [-0.2, -0.15) is 21.0 Å². The molecule has 0 saturated carbocycles. The molecule has 6 aromatic heterocycles. The van der Waals surface area contributed by atoms with Crippen molar-refractivity contribution in [3.05, 3.63) is 93.7 Å². The van der Waals surface area contributed by atoms with Crippen molar-refractivity contribution in [3.8, 4) is 73.0 Å². The molecule has 0 amide bonds. The Morgan fingerprint density at radius 2 is 0.571 bits per heavy atom. The molecule has 198 valence electrons. The Bertz CT molecular complexity index is 1970. The van der Waals surface area contributed by atoms with Crippen molar-refractivity contribution >= 4 is 80.2 Å². The Hall–Kier alpha value is -4.36. The van der Waals surface area contributed by atoms with Crippen LogP contribution in [0.3, 0.4) is 0 Å². The lowest BCUT2D eigenvalue weighted by Gasteiger charge is -1.93. The van der Waals surface area contributed by atoms with Crippen LogP contribution in [0.25, 0.3) is 60.9 Å². The summed E-state index contributed by atoms with van der Waals surface area (Å²) in [5.74, 6) is 0. The third kappa shape index (κ3) is 5.83. The molecule has 6 aromatic rings. The second-order valence-electron chi connectivity index (χ2n) is 8.62.